The second kappa shape index (κ2) is 10.5. The lowest BCUT2D eigenvalue weighted by atomic mass is 10.1. The summed E-state index contributed by atoms with van der Waals surface area (Å²) in [6.45, 7) is 0.724. The Morgan fingerprint density at radius 3 is 2.23 bits per heavy atom. The van der Waals surface area contributed by atoms with Crippen LogP contribution in [0.15, 0.2) is 53.6 Å². The molecule has 1 aliphatic heterocycles. The molecule has 0 amide bonds. The summed E-state index contributed by atoms with van der Waals surface area (Å²) < 4.78 is 5.33. The van der Waals surface area contributed by atoms with Crippen molar-refractivity contribution in [1.82, 2.24) is 0 Å². The molecule has 2 aromatic rings. The van der Waals surface area contributed by atoms with E-state index in [4.69, 9.17) is 16.3 Å². The van der Waals surface area contributed by atoms with Gasteiger partial charge in [0.1, 0.15) is 11.9 Å². The number of nitrogens with zero attached hydrogens (tertiary/aromatic N) is 2. The first-order valence-electron chi connectivity index (χ1n) is 9.08. The van der Waals surface area contributed by atoms with Crippen molar-refractivity contribution in [2.24, 2.45) is 5.10 Å². The zero-order valence-electron chi connectivity index (χ0n) is 16.3. The van der Waals surface area contributed by atoms with Crippen molar-refractivity contribution in [1.29, 1.82) is 0 Å². The van der Waals surface area contributed by atoms with Crippen LogP contribution < -0.4 is 9.75 Å². The van der Waals surface area contributed by atoms with Crippen LogP contribution in [-0.4, -0.2) is 23.3 Å². The summed E-state index contributed by atoms with van der Waals surface area (Å²) >= 11 is 0. The van der Waals surface area contributed by atoms with E-state index in [0.29, 0.717) is 5.75 Å². The van der Waals surface area contributed by atoms with Gasteiger partial charge < -0.3 is 9.84 Å². The molecule has 0 aromatic heterocycles. The lowest BCUT2D eigenvalue weighted by Crippen LogP contribution is -2.11. The predicted octanol–water partition coefficient (Wildman–Crippen LogP) is 2.98. The molecule has 0 saturated heterocycles. The second-order valence-electron chi connectivity index (χ2n) is 6.02. The van der Waals surface area contributed by atoms with Crippen LogP contribution in [0.2, 0.25) is 0 Å². The van der Waals surface area contributed by atoms with Gasteiger partial charge in [-0.05, 0) is 77.8 Å². The standard InChI is InChI=1S/C26H14N2O3/c1-2-3-4-5-6-7-8-9-20-31-24-16-12-21(13-17-24)25-18-19-28(27-25)23-14-10-22(11-15-23)26(29)30/h1,10-17H,18-19H2,(H,29,30). The fourth-order valence-corrected chi connectivity index (χ4v) is 2.64. The minimum atomic E-state index is -0.948. The summed E-state index contributed by atoms with van der Waals surface area (Å²) in [5, 5.41) is 15.5. The van der Waals surface area contributed by atoms with Gasteiger partial charge in [-0.15, -0.1) is 6.42 Å². The monoisotopic (exact) mass is 402 g/mol. The molecule has 0 fully saturated rings. The number of benzene rings is 2. The van der Waals surface area contributed by atoms with Crippen molar-refractivity contribution >= 4 is 17.4 Å². The number of terminal acetylenes is 1. The Morgan fingerprint density at radius 1 is 0.935 bits per heavy atom. The summed E-state index contributed by atoms with van der Waals surface area (Å²) in [4.78, 5) is 11.0. The van der Waals surface area contributed by atoms with Crippen LogP contribution in [-0.2, 0) is 0 Å². The summed E-state index contributed by atoms with van der Waals surface area (Å²) in [6.07, 6.45) is 8.24. The van der Waals surface area contributed by atoms with Gasteiger partial charge in [0.25, 0.3) is 0 Å². The fourth-order valence-electron chi connectivity index (χ4n) is 2.64. The van der Waals surface area contributed by atoms with Crippen molar-refractivity contribution in [2.45, 2.75) is 6.42 Å². The normalized spacial score (nSPS) is 10.9. The zero-order chi connectivity index (χ0) is 21.9. The topological polar surface area (TPSA) is 62.1 Å². The van der Waals surface area contributed by atoms with Crippen molar-refractivity contribution in [3.8, 4) is 65.6 Å². The molecule has 1 aliphatic rings. The fraction of sp³-hybridized carbons (Fsp3) is 0.0769. The molecule has 1 heterocycles. The molecule has 0 spiro atoms. The van der Waals surface area contributed by atoms with Gasteiger partial charge in [0.15, 0.2) is 0 Å². The van der Waals surface area contributed by atoms with Gasteiger partial charge in [0, 0.05) is 36.6 Å². The highest BCUT2D eigenvalue weighted by Crippen LogP contribution is 2.23. The van der Waals surface area contributed by atoms with Crippen LogP contribution in [0, 0.1) is 59.9 Å². The van der Waals surface area contributed by atoms with Crippen LogP contribution in [0.4, 0.5) is 5.69 Å². The van der Waals surface area contributed by atoms with Gasteiger partial charge in [0.05, 0.1) is 17.0 Å². The molecule has 0 unspecified atom stereocenters. The average Bonchev–Trinajstić information content (AvgIpc) is 3.29. The maximum Gasteiger partial charge on any atom is 0.335 e. The van der Waals surface area contributed by atoms with Gasteiger partial charge in [0.2, 0.25) is 0 Å². The number of hydrogen-bond donors (Lipinski definition) is 1. The van der Waals surface area contributed by atoms with Gasteiger partial charge in [-0.3, -0.25) is 5.01 Å². The molecule has 5 nitrogen and oxygen atoms in total. The first kappa shape index (κ1) is 20.7. The van der Waals surface area contributed by atoms with E-state index >= 15 is 0 Å². The third-order valence-corrected chi connectivity index (χ3v) is 4.07. The first-order chi connectivity index (χ1) is 15.2. The Morgan fingerprint density at radius 2 is 1.58 bits per heavy atom. The number of aromatic carboxylic acids is 1. The highest BCUT2D eigenvalue weighted by atomic mass is 16.5. The maximum absolute atomic E-state index is 11.0. The number of anilines is 1. The molecule has 0 bridgehead atoms. The highest BCUT2D eigenvalue weighted by Gasteiger charge is 2.17. The Labute approximate surface area is 180 Å². The molecular formula is C26H14N2O3. The highest BCUT2D eigenvalue weighted by molar-refractivity contribution is 6.02. The minimum Gasteiger partial charge on any atom is -0.478 e. The maximum atomic E-state index is 11.0. The number of hydrazone groups is 1. The number of rotatable bonds is 4. The van der Waals surface area contributed by atoms with Crippen LogP contribution in [0.5, 0.6) is 5.75 Å². The minimum absolute atomic E-state index is 0.249. The molecule has 3 rings (SSSR count). The van der Waals surface area contributed by atoms with E-state index in [1.807, 2.05) is 17.1 Å². The van der Waals surface area contributed by atoms with E-state index in [1.54, 1.807) is 36.4 Å². The summed E-state index contributed by atoms with van der Waals surface area (Å²) in [5.74, 6) is 19.1. The van der Waals surface area contributed by atoms with E-state index in [0.717, 1.165) is 29.9 Å². The quantitative estimate of drug-likeness (QED) is 0.799. The number of ether oxygens (including phenoxy) is 1. The average molecular weight is 402 g/mol. The number of carboxylic acid groups (broad SMARTS) is 1. The van der Waals surface area contributed by atoms with E-state index in [1.165, 1.54) is 0 Å². The van der Waals surface area contributed by atoms with Gasteiger partial charge >= 0.3 is 5.97 Å². The van der Waals surface area contributed by atoms with Crippen LogP contribution >= 0.6 is 0 Å². The lowest BCUT2D eigenvalue weighted by molar-refractivity contribution is 0.0697. The summed E-state index contributed by atoms with van der Waals surface area (Å²) in [6, 6.07) is 14.1. The second-order valence-corrected chi connectivity index (χ2v) is 6.02. The Kier molecular flexibility index (Phi) is 7.02. The molecule has 2 aromatic carbocycles. The van der Waals surface area contributed by atoms with E-state index in [2.05, 4.69) is 58.6 Å². The summed E-state index contributed by atoms with van der Waals surface area (Å²) in [7, 11) is 0. The summed E-state index contributed by atoms with van der Waals surface area (Å²) in [5.41, 5.74) is 3.02. The molecule has 0 saturated carbocycles. The molecule has 0 aliphatic carbocycles. The third kappa shape index (κ3) is 5.98. The number of carboxylic acids is 1. The lowest BCUT2D eigenvalue weighted by Gasteiger charge is -2.13. The molecule has 0 radical (unpaired) electrons. The molecule has 5 heteroatoms. The Bertz CT molecular complexity index is 1300. The van der Waals surface area contributed by atoms with Crippen LogP contribution in [0.1, 0.15) is 22.3 Å². The predicted molar refractivity (Wildman–Crippen MR) is 119 cm³/mol. The zero-order valence-corrected chi connectivity index (χ0v) is 16.3. The molecule has 0 atom stereocenters. The van der Waals surface area contributed by atoms with E-state index < -0.39 is 5.97 Å². The van der Waals surface area contributed by atoms with Gasteiger partial charge in [-0.25, -0.2) is 4.79 Å². The van der Waals surface area contributed by atoms with E-state index in [-0.39, 0.29) is 5.56 Å². The first-order valence-corrected chi connectivity index (χ1v) is 9.08. The Balaban J connectivity index is 1.59. The smallest absolute Gasteiger partial charge is 0.335 e. The molecular weight excluding hydrogens is 388 g/mol. The number of carbonyl (C=O) groups is 1. The molecule has 146 valence electrons. The van der Waals surface area contributed by atoms with Crippen LogP contribution in [0.25, 0.3) is 0 Å². The largest absolute Gasteiger partial charge is 0.478 e. The van der Waals surface area contributed by atoms with Crippen molar-refractivity contribution in [3.63, 3.8) is 0 Å². The Hall–Kier alpha value is -5.02. The van der Waals surface area contributed by atoms with Crippen molar-refractivity contribution < 1.29 is 14.6 Å². The SMILES string of the molecule is C#CC#CC#CC#CC#COc1ccc(C2=NN(c3ccc(C(=O)O)cc3)CC2)cc1. The van der Waals surface area contributed by atoms with Gasteiger partial charge in [-0.1, -0.05) is 0 Å². The van der Waals surface area contributed by atoms with Crippen molar-refractivity contribution in [3.05, 3.63) is 59.7 Å². The third-order valence-electron chi connectivity index (χ3n) is 4.07. The number of hydrogen-bond acceptors (Lipinski definition) is 4. The molecule has 31 heavy (non-hydrogen) atoms. The van der Waals surface area contributed by atoms with E-state index in [9.17, 15) is 4.79 Å². The molecule has 1 N–H and O–H groups in total. The van der Waals surface area contributed by atoms with Gasteiger partial charge in [-0.2, -0.15) is 5.10 Å². The van der Waals surface area contributed by atoms with Crippen LogP contribution in [0.3, 0.4) is 0 Å². The van der Waals surface area contributed by atoms with Crippen molar-refractivity contribution in [2.75, 3.05) is 11.6 Å².